The van der Waals surface area contributed by atoms with Gasteiger partial charge in [0, 0.05) is 42.5 Å². The Balaban J connectivity index is 1.87. The van der Waals surface area contributed by atoms with Gasteiger partial charge in [-0.3, -0.25) is 14.3 Å². The standard InChI is InChI=1S/C23H27N3O5S/c1-4-31-9-5-8-24-23(28)20-14-25-21-7-6-18(13-19(21)22(20)27)32(29,30)26-17-11-15(2)10-16(3)12-17/h6-7,10-14,26H,4-5,8-9H2,1-3H3,(H,24,28)(H,25,27). The lowest BCUT2D eigenvalue weighted by molar-refractivity contribution is 0.0943. The van der Waals surface area contributed by atoms with Crippen LogP contribution in [0.2, 0.25) is 0 Å². The molecule has 3 rings (SSSR count). The van der Waals surface area contributed by atoms with E-state index in [1.165, 1.54) is 24.4 Å². The van der Waals surface area contributed by atoms with Crippen LogP contribution in [0.25, 0.3) is 10.9 Å². The van der Waals surface area contributed by atoms with Crippen molar-refractivity contribution in [1.82, 2.24) is 10.3 Å². The van der Waals surface area contributed by atoms with E-state index < -0.39 is 21.4 Å². The third-order valence-electron chi connectivity index (χ3n) is 4.84. The Morgan fingerprint density at radius 2 is 1.81 bits per heavy atom. The van der Waals surface area contributed by atoms with Crippen molar-refractivity contribution >= 4 is 32.5 Å². The summed E-state index contributed by atoms with van der Waals surface area (Å²) in [6.45, 7) is 7.12. The van der Waals surface area contributed by atoms with Gasteiger partial charge in [0.2, 0.25) is 5.43 Å². The van der Waals surface area contributed by atoms with Crippen LogP contribution in [0.15, 0.2) is 52.3 Å². The van der Waals surface area contributed by atoms with Crippen molar-refractivity contribution in [3.05, 3.63) is 69.5 Å². The van der Waals surface area contributed by atoms with E-state index in [4.69, 9.17) is 4.74 Å². The van der Waals surface area contributed by atoms with Gasteiger partial charge in [-0.1, -0.05) is 6.07 Å². The normalized spacial score (nSPS) is 11.5. The number of ether oxygens (including phenoxy) is 1. The van der Waals surface area contributed by atoms with E-state index in [1.807, 2.05) is 26.8 Å². The Morgan fingerprint density at radius 3 is 2.50 bits per heavy atom. The highest BCUT2D eigenvalue weighted by molar-refractivity contribution is 7.92. The number of hydrogen-bond acceptors (Lipinski definition) is 5. The number of pyridine rings is 1. The third kappa shape index (κ3) is 5.54. The fourth-order valence-electron chi connectivity index (χ4n) is 3.40. The number of anilines is 1. The smallest absolute Gasteiger partial charge is 0.261 e. The van der Waals surface area contributed by atoms with Crippen LogP contribution >= 0.6 is 0 Å². The van der Waals surface area contributed by atoms with E-state index in [0.717, 1.165) is 11.1 Å². The molecule has 0 atom stereocenters. The summed E-state index contributed by atoms with van der Waals surface area (Å²) >= 11 is 0. The highest BCUT2D eigenvalue weighted by Crippen LogP contribution is 2.21. The van der Waals surface area contributed by atoms with E-state index in [2.05, 4.69) is 15.0 Å². The van der Waals surface area contributed by atoms with Crippen molar-refractivity contribution < 1.29 is 17.9 Å². The minimum Gasteiger partial charge on any atom is -0.382 e. The molecule has 0 bridgehead atoms. The quantitative estimate of drug-likeness (QED) is 0.427. The second-order valence-corrected chi connectivity index (χ2v) is 9.21. The number of aromatic nitrogens is 1. The summed E-state index contributed by atoms with van der Waals surface area (Å²) in [7, 11) is -3.93. The predicted octanol–water partition coefficient (Wildman–Crippen LogP) is 3.10. The second kappa shape index (κ2) is 9.97. The maximum Gasteiger partial charge on any atom is 0.261 e. The van der Waals surface area contributed by atoms with Crippen LogP contribution in [0.5, 0.6) is 0 Å². The van der Waals surface area contributed by atoms with E-state index in [9.17, 15) is 18.0 Å². The van der Waals surface area contributed by atoms with E-state index in [1.54, 1.807) is 12.1 Å². The molecule has 3 aromatic rings. The summed E-state index contributed by atoms with van der Waals surface area (Å²) in [6.07, 6.45) is 1.96. The van der Waals surface area contributed by atoms with E-state index in [0.29, 0.717) is 37.4 Å². The van der Waals surface area contributed by atoms with Crippen molar-refractivity contribution in [2.45, 2.75) is 32.1 Å². The first-order chi connectivity index (χ1) is 15.2. The first-order valence-corrected chi connectivity index (χ1v) is 11.8. The minimum atomic E-state index is -3.93. The number of nitrogens with one attached hydrogen (secondary N) is 3. The number of benzene rings is 2. The lowest BCUT2D eigenvalue weighted by Crippen LogP contribution is -2.30. The number of rotatable bonds is 9. The zero-order valence-electron chi connectivity index (χ0n) is 18.3. The Hall–Kier alpha value is -3.17. The van der Waals surface area contributed by atoms with Gasteiger partial charge in [-0.25, -0.2) is 8.42 Å². The summed E-state index contributed by atoms with van der Waals surface area (Å²) in [5.74, 6) is -0.522. The molecule has 0 saturated heterocycles. The zero-order chi connectivity index (χ0) is 23.3. The molecule has 3 N–H and O–H groups in total. The Bertz CT molecular complexity index is 1280. The van der Waals surface area contributed by atoms with Crippen molar-refractivity contribution in [1.29, 1.82) is 0 Å². The predicted molar refractivity (Wildman–Crippen MR) is 125 cm³/mol. The number of aromatic amines is 1. The number of carbonyl (C=O) groups is 1. The molecule has 170 valence electrons. The molecule has 1 heterocycles. The van der Waals surface area contributed by atoms with Gasteiger partial charge in [0.1, 0.15) is 5.56 Å². The zero-order valence-corrected chi connectivity index (χ0v) is 19.1. The number of H-pyrrole nitrogens is 1. The van der Waals surface area contributed by atoms with Crippen LogP contribution in [-0.2, 0) is 14.8 Å². The number of amides is 1. The molecule has 1 aromatic heterocycles. The van der Waals surface area contributed by atoms with Crippen LogP contribution in [0.3, 0.4) is 0 Å². The highest BCUT2D eigenvalue weighted by atomic mass is 32.2. The second-order valence-electron chi connectivity index (χ2n) is 7.53. The fraction of sp³-hybridized carbons (Fsp3) is 0.304. The van der Waals surface area contributed by atoms with Crippen LogP contribution in [0, 0.1) is 13.8 Å². The van der Waals surface area contributed by atoms with E-state index >= 15 is 0 Å². The Morgan fingerprint density at radius 1 is 1.09 bits per heavy atom. The summed E-state index contributed by atoms with van der Waals surface area (Å²) in [5.41, 5.74) is 2.12. The van der Waals surface area contributed by atoms with Gasteiger partial charge in [0.25, 0.3) is 15.9 Å². The summed E-state index contributed by atoms with van der Waals surface area (Å²) < 4.78 is 33.6. The van der Waals surface area contributed by atoms with Crippen molar-refractivity contribution in [3.63, 3.8) is 0 Å². The third-order valence-corrected chi connectivity index (χ3v) is 6.22. The fourth-order valence-corrected chi connectivity index (χ4v) is 4.46. The van der Waals surface area contributed by atoms with Crippen LogP contribution in [0.1, 0.15) is 34.8 Å². The van der Waals surface area contributed by atoms with Crippen LogP contribution < -0.4 is 15.5 Å². The first kappa shape index (κ1) is 23.5. The monoisotopic (exact) mass is 457 g/mol. The molecule has 0 fully saturated rings. The summed E-state index contributed by atoms with van der Waals surface area (Å²) in [6, 6.07) is 9.61. The molecule has 0 spiro atoms. The summed E-state index contributed by atoms with van der Waals surface area (Å²) in [5, 5.41) is 2.80. The van der Waals surface area contributed by atoms with Crippen molar-refractivity contribution in [2.24, 2.45) is 0 Å². The molecule has 32 heavy (non-hydrogen) atoms. The molecule has 2 aromatic carbocycles. The first-order valence-electron chi connectivity index (χ1n) is 10.3. The minimum absolute atomic E-state index is 0.0658. The van der Waals surface area contributed by atoms with Gasteiger partial charge in [-0.05, 0) is 68.7 Å². The maximum absolute atomic E-state index is 12.9. The topological polar surface area (TPSA) is 117 Å². The largest absolute Gasteiger partial charge is 0.382 e. The lowest BCUT2D eigenvalue weighted by atomic mass is 10.1. The lowest BCUT2D eigenvalue weighted by Gasteiger charge is -2.11. The number of aryl methyl sites for hydroxylation is 2. The SMILES string of the molecule is CCOCCCNC(=O)c1c[nH]c2ccc(S(=O)(=O)Nc3cc(C)cc(C)c3)cc2c1=O. The molecule has 1 amide bonds. The molecule has 0 aliphatic rings. The number of sulfonamides is 1. The van der Waals surface area contributed by atoms with Gasteiger partial charge in [0.15, 0.2) is 0 Å². The highest BCUT2D eigenvalue weighted by Gasteiger charge is 2.18. The number of carbonyl (C=O) groups excluding carboxylic acids is 1. The van der Waals surface area contributed by atoms with Gasteiger partial charge in [-0.15, -0.1) is 0 Å². The van der Waals surface area contributed by atoms with Gasteiger partial charge >= 0.3 is 0 Å². The summed E-state index contributed by atoms with van der Waals surface area (Å²) in [4.78, 5) is 28.2. The average molecular weight is 458 g/mol. The number of fused-ring (bicyclic) bond motifs is 1. The molecular weight excluding hydrogens is 430 g/mol. The molecule has 0 radical (unpaired) electrons. The Labute approximate surface area is 187 Å². The Kier molecular flexibility index (Phi) is 7.32. The molecule has 0 aliphatic heterocycles. The van der Waals surface area contributed by atoms with Crippen LogP contribution in [-0.4, -0.2) is 39.1 Å². The van der Waals surface area contributed by atoms with Gasteiger partial charge in [0.05, 0.1) is 4.90 Å². The van der Waals surface area contributed by atoms with Crippen molar-refractivity contribution in [2.75, 3.05) is 24.5 Å². The molecule has 0 unspecified atom stereocenters. The van der Waals surface area contributed by atoms with Gasteiger partial charge in [-0.2, -0.15) is 0 Å². The molecule has 0 aliphatic carbocycles. The molecule has 9 heteroatoms. The molecule has 8 nitrogen and oxygen atoms in total. The van der Waals surface area contributed by atoms with Crippen molar-refractivity contribution in [3.8, 4) is 0 Å². The van der Waals surface area contributed by atoms with Gasteiger partial charge < -0.3 is 15.0 Å². The maximum atomic E-state index is 12.9. The molecular formula is C23H27N3O5S. The molecule has 0 saturated carbocycles. The number of hydrogen-bond donors (Lipinski definition) is 3. The average Bonchev–Trinajstić information content (AvgIpc) is 2.72. The van der Waals surface area contributed by atoms with Crippen LogP contribution in [0.4, 0.5) is 5.69 Å². The van der Waals surface area contributed by atoms with E-state index in [-0.39, 0.29) is 15.8 Å².